The Kier molecular flexibility index (Phi) is 4.63. The van der Waals surface area contributed by atoms with E-state index in [0.717, 1.165) is 0 Å². The van der Waals surface area contributed by atoms with Crippen molar-refractivity contribution in [3.8, 4) is 23.0 Å². The summed E-state index contributed by atoms with van der Waals surface area (Å²) in [5, 5.41) is 9.75. The molecule has 0 bridgehead atoms. The first-order valence-electron chi connectivity index (χ1n) is 8.77. The minimum Gasteiger partial charge on any atom is -0.542 e. The summed E-state index contributed by atoms with van der Waals surface area (Å²) in [6, 6.07) is 7.75. The van der Waals surface area contributed by atoms with Gasteiger partial charge in [0.15, 0.2) is 11.4 Å². The standard InChI is InChI=1S/C21H24FNO3Si/c1-7-13-10-15(24)12-17-19(13)25-20(23-17)14-8-9-18(16(22)11-14)26-27(5,6)21(2,3)4/h7-12,24H,1H2,2-6H3. The van der Waals surface area contributed by atoms with Crippen LogP contribution >= 0.6 is 0 Å². The highest BCUT2D eigenvalue weighted by atomic mass is 28.4. The third-order valence-corrected chi connectivity index (χ3v) is 9.42. The van der Waals surface area contributed by atoms with Gasteiger partial charge in [0.05, 0.1) is 0 Å². The van der Waals surface area contributed by atoms with Crippen LogP contribution in [0, 0.1) is 5.82 Å². The van der Waals surface area contributed by atoms with Gasteiger partial charge in [-0.15, -0.1) is 0 Å². The molecule has 2 aromatic carbocycles. The van der Waals surface area contributed by atoms with E-state index in [9.17, 15) is 9.50 Å². The zero-order valence-electron chi connectivity index (χ0n) is 16.3. The lowest BCUT2D eigenvalue weighted by Gasteiger charge is -2.36. The van der Waals surface area contributed by atoms with Crippen molar-refractivity contribution in [2.75, 3.05) is 0 Å². The van der Waals surface area contributed by atoms with Crippen molar-refractivity contribution in [1.82, 2.24) is 4.98 Å². The van der Waals surface area contributed by atoms with Crippen LogP contribution in [0.3, 0.4) is 0 Å². The molecule has 3 rings (SSSR count). The molecule has 0 radical (unpaired) electrons. The monoisotopic (exact) mass is 385 g/mol. The summed E-state index contributed by atoms with van der Waals surface area (Å²) in [6.07, 6.45) is 1.58. The van der Waals surface area contributed by atoms with E-state index >= 15 is 0 Å². The summed E-state index contributed by atoms with van der Waals surface area (Å²) >= 11 is 0. The second kappa shape index (κ2) is 6.53. The molecular formula is C21H24FNO3Si. The van der Waals surface area contributed by atoms with Crippen molar-refractivity contribution >= 4 is 25.5 Å². The van der Waals surface area contributed by atoms with E-state index in [0.29, 0.717) is 22.2 Å². The maximum absolute atomic E-state index is 14.7. The third kappa shape index (κ3) is 3.62. The molecule has 1 heterocycles. The van der Waals surface area contributed by atoms with Crippen LogP contribution in [0.25, 0.3) is 28.6 Å². The molecule has 3 aromatic rings. The fraction of sp³-hybridized carbons (Fsp3) is 0.286. The maximum atomic E-state index is 14.7. The molecule has 4 nitrogen and oxygen atoms in total. The Morgan fingerprint density at radius 3 is 2.52 bits per heavy atom. The van der Waals surface area contributed by atoms with Gasteiger partial charge in [-0.3, -0.25) is 0 Å². The molecule has 6 heteroatoms. The molecule has 0 saturated carbocycles. The molecule has 142 valence electrons. The lowest BCUT2D eigenvalue weighted by molar-refractivity contribution is 0.457. The number of phenols is 1. The van der Waals surface area contributed by atoms with Crippen LogP contribution in [0.5, 0.6) is 11.5 Å². The van der Waals surface area contributed by atoms with Crippen molar-refractivity contribution in [3.63, 3.8) is 0 Å². The SMILES string of the molecule is C=Cc1cc(O)cc2nc(-c3ccc(O[Si](C)(C)C(C)(C)C)c(F)c3)oc12. The Morgan fingerprint density at radius 1 is 1.22 bits per heavy atom. The first kappa shape index (κ1) is 19.2. The van der Waals surface area contributed by atoms with Gasteiger partial charge in [0.25, 0.3) is 8.32 Å². The second-order valence-corrected chi connectivity index (χ2v) is 12.8. The Labute approximate surface area is 159 Å². The third-order valence-electron chi connectivity index (χ3n) is 5.07. The topological polar surface area (TPSA) is 55.5 Å². The smallest absolute Gasteiger partial charge is 0.250 e. The van der Waals surface area contributed by atoms with Crippen molar-refractivity contribution in [2.45, 2.75) is 38.9 Å². The molecule has 0 unspecified atom stereocenters. The number of aromatic hydroxyl groups is 1. The summed E-state index contributed by atoms with van der Waals surface area (Å²) in [6.45, 7) is 14.2. The van der Waals surface area contributed by atoms with Gasteiger partial charge >= 0.3 is 0 Å². The highest BCUT2D eigenvalue weighted by molar-refractivity contribution is 6.74. The summed E-state index contributed by atoms with van der Waals surface area (Å²) < 4.78 is 26.5. The van der Waals surface area contributed by atoms with E-state index in [1.54, 1.807) is 24.3 Å². The number of fused-ring (bicyclic) bond motifs is 1. The van der Waals surface area contributed by atoms with Gasteiger partial charge in [-0.25, -0.2) is 9.37 Å². The van der Waals surface area contributed by atoms with Crippen molar-refractivity contribution in [2.24, 2.45) is 0 Å². The number of hydrogen-bond acceptors (Lipinski definition) is 4. The molecular weight excluding hydrogens is 361 g/mol. The Hall–Kier alpha value is -2.60. The zero-order valence-corrected chi connectivity index (χ0v) is 17.3. The fourth-order valence-electron chi connectivity index (χ4n) is 2.46. The average Bonchev–Trinajstić information content (AvgIpc) is 2.98. The molecule has 0 amide bonds. The van der Waals surface area contributed by atoms with Crippen molar-refractivity contribution in [1.29, 1.82) is 0 Å². The van der Waals surface area contributed by atoms with E-state index in [1.165, 1.54) is 12.1 Å². The van der Waals surface area contributed by atoms with Gasteiger partial charge in [0.1, 0.15) is 17.0 Å². The fourth-order valence-corrected chi connectivity index (χ4v) is 3.48. The molecule has 1 N–H and O–H groups in total. The van der Waals surface area contributed by atoms with E-state index in [1.807, 2.05) is 0 Å². The Bertz CT molecular complexity index is 1020. The van der Waals surface area contributed by atoms with Crippen LogP contribution < -0.4 is 4.43 Å². The lowest BCUT2D eigenvalue weighted by atomic mass is 10.2. The van der Waals surface area contributed by atoms with Crippen molar-refractivity contribution in [3.05, 3.63) is 48.3 Å². The molecule has 27 heavy (non-hydrogen) atoms. The van der Waals surface area contributed by atoms with Crippen LogP contribution in [0.1, 0.15) is 26.3 Å². The number of rotatable bonds is 4. The summed E-state index contributed by atoms with van der Waals surface area (Å²) in [4.78, 5) is 4.36. The molecule has 0 aliphatic rings. The number of halogens is 1. The van der Waals surface area contributed by atoms with Crippen LogP contribution in [0.15, 0.2) is 41.3 Å². The van der Waals surface area contributed by atoms with Gasteiger partial charge in [0, 0.05) is 17.2 Å². The van der Waals surface area contributed by atoms with E-state index < -0.39 is 14.1 Å². The van der Waals surface area contributed by atoms with Gasteiger partial charge in [-0.1, -0.05) is 33.4 Å². The van der Waals surface area contributed by atoms with E-state index in [4.69, 9.17) is 8.84 Å². The number of phenolic OH excluding ortho intramolecular Hbond substituents is 1. The van der Waals surface area contributed by atoms with Crippen LogP contribution in [-0.4, -0.2) is 18.4 Å². The number of nitrogens with zero attached hydrogens (tertiary/aromatic N) is 1. The largest absolute Gasteiger partial charge is 0.542 e. The van der Waals surface area contributed by atoms with Crippen LogP contribution in [0.2, 0.25) is 18.1 Å². The molecule has 1 aromatic heterocycles. The number of oxazole rings is 1. The minimum atomic E-state index is -2.14. The molecule has 0 fully saturated rings. The van der Waals surface area contributed by atoms with Crippen LogP contribution in [0.4, 0.5) is 4.39 Å². The number of aromatic nitrogens is 1. The summed E-state index contributed by atoms with van der Waals surface area (Å²) in [7, 11) is -2.14. The molecule has 0 aliphatic heterocycles. The first-order valence-corrected chi connectivity index (χ1v) is 11.7. The highest BCUT2D eigenvalue weighted by Gasteiger charge is 2.39. The molecule has 0 atom stereocenters. The zero-order chi connectivity index (χ0) is 20.0. The Balaban J connectivity index is 1.99. The maximum Gasteiger partial charge on any atom is 0.250 e. The Morgan fingerprint density at radius 2 is 1.93 bits per heavy atom. The average molecular weight is 386 g/mol. The van der Waals surface area contributed by atoms with Gasteiger partial charge < -0.3 is 13.9 Å². The quantitative estimate of drug-likeness (QED) is 0.530. The predicted octanol–water partition coefficient (Wildman–Crippen LogP) is 6.37. The lowest BCUT2D eigenvalue weighted by Crippen LogP contribution is -2.44. The van der Waals surface area contributed by atoms with Crippen LogP contribution in [-0.2, 0) is 0 Å². The molecule has 0 saturated heterocycles. The molecule has 0 spiro atoms. The number of benzene rings is 2. The summed E-state index contributed by atoms with van der Waals surface area (Å²) in [5.41, 5.74) is 2.12. The minimum absolute atomic E-state index is 0.0263. The number of hydrogen-bond donors (Lipinski definition) is 1. The normalized spacial score (nSPS) is 12.4. The summed E-state index contributed by atoms with van der Waals surface area (Å²) in [5.74, 6) is 0.135. The van der Waals surface area contributed by atoms with Gasteiger partial charge in [-0.2, -0.15) is 0 Å². The molecule has 0 aliphatic carbocycles. The first-order chi connectivity index (χ1) is 12.5. The van der Waals surface area contributed by atoms with E-state index in [-0.39, 0.29) is 22.4 Å². The van der Waals surface area contributed by atoms with Gasteiger partial charge in [0.2, 0.25) is 5.89 Å². The van der Waals surface area contributed by atoms with Crippen molar-refractivity contribution < 1.29 is 18.3 Å². The second-order valence-electron chi connectivity index (χ2n) is 8.11. The van der Waals surface area contributed by atoms with Gasteiger partial charge in [-0.05, 0) is 42.4 Å². The highest BCUT2D eigenvalue weighted by Crippen LogP contribution is 2.39. The van der Waals surface area contributed by atoms with E-state index in [2.05, 4.69) is 45.4 Å². The predicted molar refractivity (Wildman–Crippen MR) is 109 cm³/mol.